The third-order valence-electron chi connectivity index (χ3n) is 6.33. The number of carbonyl (C=O) groups excluding carboxylic acids is 1. The highest BCUT2D eigenvalue weighted by Crippen LogP contribution is 2.51. The van der Waals surface area contributed by atoms with Crippen molar-refractivity contribution in [1.29, 1.82) is 0 Å². The molecule has 3 aromatic rings. The Hall–Kier alpha value is -3.34. The van der Waals surface area contributed by atoms with Crippen LogP contribution in [0.5, 0.6) is 11.5 Å². The van der Waals surface area contributed by atoms with Gasteiger partial charge >= 0.3 is 0 Å². The molecule has 0 spiro atoms. The van der Waals surface area contributed by atoms with Gasteiger partial charge in [-0.3, -0.25) is 4.79 Å². The molecule has 5 rings (SSSR count). The Morgan fingerprint density at radius 1 is 1.10 bits per heavy atom. The summed E-state index contributed by atoms with van der Waals surface area (Å²) in [4.78, 5) is 17.7. The summed E-state index contributed by atoms with van der Waals surface area (Å²) in [5, 5.41) is 3.04. The Kier molecular flexibility index (Phi) is 4.69. The Bertz CT molecular complexity index is 1170. The summed E-state index contributed by atoms with van der Waals surface area (Å²) in [5.41, 5.74) is 5.06. The van der Waals surface area contributed by atoms with Gasteiger partial charge < -0.3 is 14.8 Å². The fourth-order valence-corrected chi connectivity index (χ4v) is 4.19. The second-order valence-corrected chi connectivity index (χ2v) is 8.77. The molecule has 0 radical (unpaired) electrons. The Morgan fingerprint density at radius 2 is 1.90 bits per heavy atom. The molecule has 5 heteroatoms. The van der Waals surface area contributed by atoms with E-state index in [1.54, 1.807) is 0 Å². The topological polar surface area (TPSA) is 60.5 Å². The number of nitrogens with zero attached hydrogens (tertiary/aromatic N) is 1. The highest BCUT2D eigenvalue weighted by Gasteiger charge is 2.51. The van der Waals surface area contributed by atoms with E-state index in [0.717, 1.165) is 40.8 Å². The molecule has 5 nitrogen and oxygen atoms in total. The number of hydrogen-bond donors (Lipinski definition) is 1. The first kappa shape index (κ1) is 19.6. The molecule has 1 aromatic heterocycles. The zero-order valence-electron chi connectivity index (χ0n) is 18.1. The molecule has 1 saturated carbocycles. The van der Waals surface area contributed by atoms with Crippen molar-refractivity contribution in [3.05, 3.63) is 71.4 Å². The lowest BCUT2D eigenvalue weighted by atomic mass is 9.94. The van der Waals surface area contributed by atoms with Crippen LogP contribution in [0.1, 0.15) is 50.7 Å². The smallest absolute Gasteiger partial charge is 0.236 e. The highest BCUT2D eigenvalue weighted by molar-refractivity contribution is 6.01. The van der Waals surface area contributed by atoms with Gasteiger partial charge in [0, 0.05) is 13.2 Å². The summed E-state index contributed by atoms with van der Waals surface area (Å²) in [5.74, 6) is 2.47. The van der Waals surface area contributed by atoms with E-state index in [9.17, 15) is 4.79 Å². The number of hydrogen-bond acceptors (Lipinski definition) is 4. The Morgan fingerprint density at radius 3 is 2.65 bits per heavy atom. The number of ether oxygens (including phenoxy) is 2. The molecule has 1 aliphatic carbocycles. The molecule has 2 aliphatic rings. The Labute approximate surface area is 183 Å². The fraction of sp³-hybridized carbons (Fsp3) is 0.308. The quantitative estimate of drug-likeness (QED) is 0.569. The number of rotatable bonds is 5. The van der Waals surface area contributed by atoms with E-state index in [1.165, 1.54) is 5.56 Å². The monoisotopic (exact) mass is 416 g/mol. The zero-order chi connectivity index (χ0) is 21.6. The summed E-state index contributed by atoms with van der Waals surface area (Å²) in [6, 6.07) is 16.3. The molecular weight excluding hydrogens is 388 g/mol. The van der Waals surface area contributed by atoms with Crippen LogP contribution < -0.4 is 14.8 Å². The van der Waals surface area contributed by atoms with Crippen LogP contribution >= 0.6 is 0 Å². The minimum Gasteiger partial charge on any atom is -0.454 e. The van der Waals surface area contributed by atoms with Crippen molar-refractivity contribution in [2.45, 2.75) is 44.9 Å². The molecule has 160 valence electrons. The summed E-state index contributed by atoms with van der Waals surface area (Å²) < 4.78 is 10.9. The van der Waals surface area contributed by atoms with Crippen LogP contribution in [0.15, 0.2) is 54.7 Å². The fourth-order valence-electron chi connectivity index (χ4n) is 4.19. The predicted molar refractivity (Wildman–Crippen MR) is 123 cm³/mol. The van der Waals surface area contributed by atoms with Crippen LogP contribution in [0, 0.1) is 6.92 Å². The molecule has 0 atom stereocenters. The number of pyridine rings is 1. The van der Waals surface area contributed by atoms with Gasteiger partial charge in [-0.2, -0.15) is 0 Å². The minimum atomic E-state index is -0.513. The number of nitrogens with one attached hydrogen (secondary N) is 1. The number of carbonyl (C=O) groups is 1. The maximum Gasteiger partial charge on any atom is 0.236 e. The van der Waals surface area contributed by atoms with E-state index in [1.807, 2.05) is 30.5 Å². The second kappa shape index (κ2) is 7.41. The summed E-state index contributed by atoms with van der Waals surface area (Å²) >= 11 is 0. The van der Waals surface area contributed by atoms with Crippen LogP contribution in [0.25, 0.3) is 11.1 Å². The van der Waals surface area contributed by atoms with Crippen molar-refractivity contribution in [3.8, 4) is 22.6 Å². The van der Waals surface area contributed by atoms with Crippen molar-refractivity contribution >= 4 is 11.7 Å². The molecule has 0 bridgehead atoms. The van der Waals surface area contributed by atoms with Gasteiger partial charge in [-0.1, -0.05) is 44.2 Å². The van der Waals surface area contributed by atoms with E-state index >= 15 is 0 Å². The van der Waals surface area contributed by atoms with Crippen molar-refractivity contribution in [1.82, 2.24) is 4.98 Å². The number of aryl methyl sites for hydroxylation is 1. The van der Waals surface area contributed by atoms with Gasteiger partial charge in [-0.05, 0) is 66.1 Å². The predicted octanol–water partition coefficient (Wildman–Crippen LogP) is 5.83. The largest absolute Gasteiger partial charge is 0.454 e. The van der Waals surface area contributed by atoms with Crippen molar-refractivity contribution in [2.75, 3.05) is 12.1 Å². The first-order valence-electron chi connectivity index (χ1n) is 10.7. The van der Waals surface area contributed by atoms with Gasteiger partial charge in [-0.15, -0.1) is 0 Å². The number of anilines is 1. The van der Waals surface area contributed by atoms with Crippen LogP contribution in [0.2, 0.25) is 0 Å². The van der Waals surface area contributed by atoms with Gasteiger partial charge in [-0.25, -0.2) is 4.98 Å². The molecule has 1 N–H and O–H groups in total. The summed E-state index contributed by atoms with van der Waals surface area (Å²) in [6.07, 6.45) is 3.49. The van der Waals surface area contributed by atoms with Crippen molar-refractivity contribution < 1.29 is 15.7 Å². The number of benzene rings is 2. The third-order valence-corrected chi connectivity index (χ3v) is 6.33. The van der Waals surface area contributed by atoms with Crippen molar-refractivity contribution in [3.63, 3.8) is 0 Å². The summed E-state index contributed by atoms with van der Waals surface area (Å²) in [6.45, 7) is 6.67. The molecule has 1 fully saturated rings. The maximum absolute atomic E-state index is 13.2. The lowest BCUT2D eigenvalue weighted by Crippen LogP contribution is -2.28. The van der Waals surface area contributed by atoms with E-state index in [2.05, 4.69) is 55.3 Å². The first-order chi connectivity index (χ1) is 15.0. The van der Waals surface area contributed by atoms with Gasteiger partial charge in [0.05, 0.1) is 5.41 Å². The average molecular weight is 417 g/mol. The van der Waals surface area contributed by atoms with Gasteiger partial charge in [0.15, 0.2) is 11.5 Å². The van der Waals surface area contributed by atoms with Gasteiger partial charge in [0.1, 0.15) is 5.82 Å². The lowest BCUT2D eigenvalue weighted by molar-refractivity contribution is -0.118. The molecule has 0 saturated heterocycles. The van der Waals surface area contributed by atoms with Crippen LogP contribution in [-0.2, 0) is 10.2 Å². The standard InChI is InChI=1S/C26H26N2O3.H2/c1-16(2)18-5-4-6-19(12-18)21-14-27-24(11-17(21)3)28-25(29)26(9-10-26)20-7-8-22-23(13-20)31-15-30-22;/h4-8,11-14,16H,9-10,15H2,1-3H3,(H,27,28,29);1H. The second-order valence-electron chi connectivity index (χ2n) is 8.77. The van der Waals surface area contributed by atoms with E-state index < -0.39 is 5.41 Å². The van der Waals surface area contributed by atoms with Gasteiger partial charge in [0.25, 0.3) is 0 Å². The normalized spacial score (nSPS) is 15.7. The Balaban J connectivity index is 0.00000245. The van der Waals surface area contributed by atoms with Crippen molar-refractivity contribution in [2.24, 2.45) is 0 Å². The molecule has 1 aliphatic heterocycles. The average Bonchev–Trinajstić information content (AvgIpc) is 3.45. The molecule has 31 heavy (non-hydrogen) atoms. The van der Waals surface area contributed by atoms with Crippen LogP contribution in [0.3, 0.4) is 0 Å². The number of aromatic nitrogens is 1. The minimum absolute atomic E-state index is 0. The third kappa shape index (κ3) is 3.54. The molecule has 2 heterocycles. The first-order valence-corrected chi connectivity index (χ1v) is 10.7. The number of fused-ring (bicyclic) bond motifs is 1. The summed E-state index contributed by atoms with van der Waals surface area (Å²) in [7, 11) is 0. The SMILES string of the molecule is Cc1cc(NC(=O)C2(c3ccc4c(c3)OCO4)CC2)ncc1-c1cccc(C(C)C)c1.[HH]. The highest BCUT2D eigenvalue weighted by atomic mass is 16.7. The van der Waals surface area contributed by atoms with Gasteiger partial charge in [0.2, 0.25) is 12.7 Å². The molecule has 0 unspecified atom stereocenters. The molecule has 1 amide bonds. The van der Waals surface area contributed by atoms with E-state index in [-0.39, 0.29) is 14.1 Å². The lowest BCUT2D eigenvalue weighted by Gasteiger charge is -2.17. The van der Waals surface area contributed by atoms with E-state index in [4.69, 9.17) is 9.47 Å². The maximum atomic E-state index is 13.2. The molecular formula is C26H28N2O3. The molecule has 2 aromatic carbocycles. The van der Waals surface area contributed by atoms with Crippen LogP contribution in [0.4, 0.5) is 5.82 Å². The van der Waals surface area contributed by atoms with Crippen LogP contribution in [-0.4, -0.2) is 17.7 Å². The van der Waals surface area contributed by atoms with E-state index in [0.29, 0.717) is 17.5 Å². The zero-order valence-corrected chi connectivity index (χ0v) is 18.1. The number of amides is 1.